The van der Waals surface area contributed by atoms with E-state index in [1.165, 1.54) is 12.8 Å². The smallest absolute Gasteiger partial charge is 0.171 e. The predicted molar refractivity (Wildman–Crippen MR) is 78.2 cm³/mol. The first-order chi connectivity index (χ1) is 9.24. The summed E-state index contributed by atoms with van der Waals surface area (Å²) >= 11 is 0. The minimum absolute atomic E-state index is 0.499. The van der Waals surface area contributed by atoms with Crippen LogP contribution in [0.5, 0.6) is 0 Å². The van der Waals surface area contributed by atoms with Crippen LogP contribution in [0.4, 0.5) is 11.6 Å². The number of fused-ring (bicyclic) bond motifs is 1. The average Bonchev–Trinajstić information content (AvgIpc) is 2.90. The summed E-state index contributed by atoms with van der Waals surface area (Å²) in [5, 5.41) is 3.48. The summed E-state index contributed by atoms with van der Waals surface area (Å²) in [4.78, 5) is 11.1. The lowest BCUT2D eigenvalue weighted by Gasteiger charge is -2.23. The van der Waals surface area contributed by atoms with Crippen molar-refractivity contribution in [1.29, 1.82) is 0 Å². The van der Waals surface area contributed by atoms with Gasteiger partial charge in [0.1, 0.15) is 0 Å². The molecule has 1 aliphatic heterocycles. The predicted octanol–water partition coefficient (Wildman–Crippen LogP) is 1.40. The number of hydrogen-bond acceptors (Lipinski definition) is 5. The lowest BCUT2D eigenvalue weighted by molar-refractivity contribution is 0.598. The van der Waals surface area contributed by atoms with Crippen molar-refractivity contribution in [3.05, 3.63) is 24.3 Å². The van der Waals surface area contributed by atoms with Gasteiger partial charge in [-0.05, 0) is 31.5 Å². The maximum absolute atomic E-state index is 6.03. The van der Waals surface area contributed by atoms with Gasteiger partial charge in [-0.1, -0.05) is 12.1 Å². The summed E-state index contributed by atoms with van der Waals surface area (Å²) in [5.41, 5.74) is 7.76. The van der Waals surface area contributed by atoms with Gasteiger partial charge in [0, 0.05) is 19.6 Å². The summed E-state index contributed by atoms with van der Waals surface area (Å²) < 4.78 is 0. The average molecular weight is 257 g/mol. The van der Waals surface area contributed by atoms with Gasteiger partial charge in [-0.3, -0.25) is 0 Å². The molecule has 1 fully saturated rings. The molecule has 19 heavy (non-hydrogen) atoms. The SMILES string of the molecule is CN(CC1CCCN1)c1nc2ccccc2nc1N. The Bertz CT molecular complexity index is 577. The molecule has 5 heteroatoms. The molecular weight excluding hydrogens is 238 g/mol. The van der Waals surface area contributed by atoms with Crippen molar-refractivity contribution in [2.45, 2.75) is 18.9 Å². The fraction of sp³-hybridized carbons (Fsp3) is 0.429. The molecule has 0 amide bonds. The van der Waals surface area contributed by atoms with E-state index in [1.54, 1.807) is 0 Å². The van der Waals surface area contributed by atoms with Crippen molar-refractivity contribution in [3.63, 3.8) is 0 Å². The number of anilines is 2. The molecule has 0 saturated carbocycles. The van der Waals surface area contributed by atoms with E-state index < -0.39 is 0 Å². The largest absolute Gasteiger partial charge is 0.381 e. The fourth-order valence-corrected chi connectivity index (χ4v) is 2.61. The van der Waals surface area contributed by atoms with E-state index in [-0.39, 0.29) is 0 Å². The third-order valence-corrected chi connectivity index (χ3v) is 3.60. The normalized spacial score (nSPS) is 18.9. The van der Waals surface area contributed by atoms with Gasteiger partial charge in [0.05, 0.1) is 11.0 Å². The maximum atomic E-state index is 6.03. The summed E-state index contributed by atoms with van der Waals surface area (Å²) in [7, 11) is 2.02. The number of nitrogens with two attached hydrogens (primary N) is 1. The molecule has 0 aliphatic carbocycles. The molecule has 100 valence electrons. The van der Waals surface area contributed by atoms with Gasteiger partial charge in [-0.25, -0.2) is 9.97 Å². The topological polar surface area (TPSA) is 67.1 Å². The standard InChI is InChI=1S/C14H19N5/c1-19(9-10-5-4-8-16-10)14-13(15)17-11-6-2-3-7-12(11)18-14/h2-3,6-7,10,16H,4-5,8-9H2,1H3,(H2,15,17). The van der Waals surface area contributed by atoms with Gasteiger partial charge >= 0.3 is 0 Å². The molecule has 1 aliphatic rings. The van der Waals surface area contributed by atoms with E-state index in [0.29, 0.717) is 11.9 Å². The number of nitrogen functional groups attached to an aromatic ring is 1. The zero-order valence-electron chi connectivity index (χ0n) is 11.1. The van der Waals surface area contributed by atoms with Crippen LogP contribution in [0.1, 0.15) is 12.8 Å². The van der Waals surface area contributed by atoms with Crippen molar-refractivity contribution in [2.75, 3.05) is 30.8 Å². The Kier molecular flexibility index (Phi) is 3.21. The molecule has 3 N–H and O–H groups in total. The second kappa shape index (κ2) is 5.01. The highest BCUT2D eigenvalue weighted by Crippen LogP contribution is 2.22. The molecule has 0 spiro atoms. The second-order valence-corrected chi connectivity index (χ2v) is 5.09. The van der Waals surface area contributed by atoms with E-state index in [0.717, 1.165) is 29.9 Å². The first-order valence-electron chi connectivity index (χ1n) is 6.71. The second-order valence-electron chi connectivity index (χ2n) is 5.09. The Morgan fingerprint density at radius 3 is 2.74 bits per heavy atom. The highest BCUT2D eigenvalue weighted by Gasteiger charge is 2.18. The van der Waals surface area contributed by atoms with E-state index in [1.807, 2.05) is 31.3 Å². The number of rotatable bonds is 3. The van der Waals surface area contributed by atoms with Gasteiger partial charge < -0.3 is 16.0 Å². The first-order valence-corrected chi connectivity index (χ1v) is 6.71. The van der Waals surface area contributed by atoms with Crippen LogP contribution in [0, 0.1) is 0 Å². The number of nitrogens with zero attached hydrogens (tertiary/aromatic N) is 3. The minimum atomic E-state index is 0.499. The van der Waals surface area contributed by atoms with Gasteiger partial charge in [-0.15, -0.1) is 0 Å². The van der Waals surface area contributed by atoms with Crippen molar-refractivity contribution in [3.8, 4) is 0 Å². The van der Waals surface area contributed by atoms with Gasteiger partial charge in [0.25, 0.3) is 0 Å². The Labute approximate surface area is 112 Å². The molecule has 1 aromatic heterocycles. The minimum Gasteiger partial charge on any atom is -0.381 e. The van der Waals surface area contributed by atoms with Gasteiger partial charge in [0.15, 0.2) is 11.6 Å². The number of nitrogens with one attached hydrogen (secondary N) is 1. The molecule has 1 unspecified atom stereocenters. The van der Waals surface area contributed by atoms with Crippen molar-refractivity contribution in [1.82, 2.24) is 15.3 Å². The molecule has 0 bridgehead atoms. The number of benzene rings is 1. The van der Waals surface area contributed by atoms with E-state index in [9.17, 15) is 0 Å². The Morgan fingerprint density at radius 1 is 1.32 bits per heavy atom. The maximum Gasteiger partial charge on any atom is 0.171 e. The quantitative estimate of drug-likeness (QED) is 0.870. The highest BCUT2D eigenvalue weighted by atomic mass is 15.2. The molecular formula is C14H19N5. The molecule has 1 atom stereocenters. The monoisotopic (exact) mass is 257 g/mol. The molecule has 3 rings (SSSR count). The third-order valence-electron chi connectivity index (χ3n) is 3.60. The summed E-state index contributed by atoms with van der Waals surface area (Å²) in [5.74, 6) is 1.27. The molecule has 2 heterocycles. The van der Waals surface area contributed by atoms with Crippen LogP contribution in [0.2, 0.25) is 0 Å². The number of likely N-dealkylation sites (N-methyl/N-ethyl adjacent to an activating group) is 1. The van der Waals surface area contributed by atoms with Crippen LogP contribution >= 0.6 is 0 Å². The molecule has 1 saturated heterocycles. The zero-order valence-corrected chi connectivity index (χ0v) is 11.1. The molecule has 1 aromatic carbocycles. The molecule has 5 nitrogen and oxygen atoms in total. The Morgan fingerprint density at radius 2 is 2.05 bits per heavy atom. The zero-order chi connectivity index (χ0) is 13.2. The van der Waals surface area contributed by atoms with Crippen molar-refractivity contribution < 1.29 is 0 Å². The third kappa shape index (κ3) is 2.46. The van der Waals surface area contributed by atoms with E-state index in [4.69, 9.17) is 5.73 Å². The van der Waals surface area contributed by atoms with E-state index in [2.05, 4.69) is 20.2 Å². The fourth-order valence-electron chi connectivity index (χ4n) is 2.61. The van der Waals surface area contributed by atoms with Crippen LogP contribution in [-0.4, -0.2) is 36.1 Å². The van der Waals surface area contributed by atoms with Gasteiger partial charge in [-0.2, -0.15) is 0 Å². The van der Waals surface area contributed by atoms with Crippen molar-refractivity contribution >= 4 is 22.7 Å². The van der Waals surface area contributed by atoms with E-state index >= 15 is 0 Å². The van der Waals surface area contributed by atoms with Crippen molar-refractivity contribution in [2.24, 2.45) is 0 Å². The molecule has 0 radical (unpaired) electrons. The molecule has 2 aromatic rings. The summed E-state index contributed by atoms with van der Waals surface area (Å²) in [6.07, 6.45) is 2.46. The highest BCUT2D eigenvalue weighted by molar-refractivity contribution is 5.79. The van der Waals surface area contributed by atoms with Gasteiger partial charge in [0.2, 0.25) is 0 Å². The lowest BCUT2D eigenvalue weighted by atomic mass is 10.2. The summed E-state index contributed by atoms with van der Waals surface area (Å²) in [6.45, 7) is 2.02. The number of para-hydroxylation sites is 2. The first kappa shape index (κ1) is 12.2. The summed E-state index contributed by atoms with van der Waals surface area (Å²) in [6, 6.07) is 8.34. The van der Waals surface area contributed by atoms with Crippen LogP contribution in [0.25, 0.3) is 11.0 Å². The van der Waals surface area contributed by atoms with Crippen LogP contribution in [-0.2, 0) is 0 Å². The van der Waals surface area contributed by atoms with Crippen LogP contribution in [0.15, 0.2) is 24.3 Å². The van der Waals surface area contributed by atoms with Crippen LogP contribution < -0.4 is 16.0 Å². The number of aromatic nitrogens is 2. The Balaban J connectivity index is 1.88. The lowest BCUT2D eigenvalue weighted by Crippen LogP contribution is -2.36. The Hall–Kier alpha value is -1.88. The number of hydrogen-bond donors (Lipinski definition) is 2. The van der Waals surface area contributed by atoms with Crippen LogP contribution in [0.3, 0.4) is 0 Å².